The highest BCUT2D eigenvalue weighted by molar-refractivity contribution is 5.86. The fourth-order valence-corrected chi connectivity index (χ4v) is 4.78. The van der Waals surface area contributed by atoms with Gasteiger partial charge in [0.2, 0.25) is 0 Å². The van der Waals surface area contributed by atoms with Crippen molar-refractivity contribution in [3.63, 3.8) is 0 Å². The molecule has 1 saturated heterocycles. The molecule has 1 aliphatic carbocycles. The number of aromatic amines is 1. The Morgan fingerprint density at radius 3 is 2.95 bits per heavy atom. The topological polar surface area (TPSA) is 44.8 Å². The third-order valence-electron chi connectivity index (χ3n) is 5.01. The lowest BCUT2D eigenvalue weighted by atomic mass is 9.65. The van der Waals surface area contributed by atoms with Gasteiger partial charge in [-0.25, -0.2) is 9.97 Å². The second-order valence-electron chi connectivity index (χ2n) is 7.78. The Morgan fingerprint density at radius 2 is 2.10 bits per heavy atom. The van der Waals surface area contributed by atoms with Gasteiger partial charge in [-0.05, 0) is 36.2 Å². The molecule has 2 aliphatic rings. The maximum Gasteiger partial charge on any atom is 0.156 e. The van der Waals surface area contributed by atoms with Crippen LogP contribution < -0.4 is 4.90 Å². The molecule has 0 radical (unpaired) electrons. The van der Waals surface area contributed by atoms with E-state index < -0.39 is 0 Å². The van der Waals surface area contributed by atoms with Crippen LogP contribution in [0.3, 0.4) is 0 Å². The van der Waals surface area contributed by atoms with E-state index in [0.717, 1.165) is 23.4 Å². The van der Waals surface area contributed by atoms with Crippen LogP contribution in [0, 0.1) is 10.8 Å². The second-order valence-corrected chi connectivity index (χ2v) is 7.78. The van der Waals surface area contributed by atoms with Crippen molar-refractivity contribution in [3.8, 4) is 0 Å². The van der Waals surface area contributed by atoms with E-state index in [1.807, 2.05) is 12.3 Å². The molecule has 1 saturated carbocycles. The van der Waals surface area contributed by atoms with Crippen LogP contribution in [0.1, 0.15) is 40.0 Å². The maximum absolute atomic E-state index is 4.58. The standard InChI is InChI=1S/C16H22N4/c1-15(2)6-11-7-16(3,8-15)9-20(11)14-13-12(4-5-17-13)18-10-19-14/h4-5,10-11,17H,6-9H2,1-3H3/t11-,16-/m1/s1. The predicted molar refractivity (Wildman–Crippen MR) is 80.8 cm³/mol. The number of fused-ring (bicyclic) bond motifs is 3. The van der Waals surface area contributed by atoms with Crippen LogP contribution in [0.25, 0.3) is 11.0 Å². The summed E-state index contributed by atoms with van der Waals surface area (Å²) in [6, 6.07) is 2.64. The minimum atomic E-state index is 0.427. The number of H-pyrrole nitrogens is 1. The average molecular weight is 270 g/mol. The van der Waals surface area contributed by atoms with Gasteiger partial charge in [0, 0.05) is 18.8 Å². The van der Waals surface area contributed by atoms with Crippen molar-refractivity contribution in [3.05, 3.63) is 18.6 Å². The van der Waals surface area contributed by atoms with Crippen molar-refractivity contribution < 1.29 is 0 Å². The molecule has 3 heterocycles. The molecule has 4 heteroatoms. The summed E-state index contributed by atoms with van der Waals surface area (Å²) in [5, 5.41) is 0. The summed E-state index contributed by atoms with van der Waals surface area (Å²) >= 11 is 0. The number of aromatic nitrogens is 3. The Hall–Kier alpha value is -1.58. The smallest absolute Gasteiger partial charge is 0.156 e. The first kappa shape index (κ1) is 12.2. The first-order chi connectivity index (χ1) is 9.46. The van der Waals surface area contributed by atoms with Crippen molar-refractivity contribution >= 4 is 16.9 Å². The van der Waals surface area contributed by atoms with Crippen LogP contribution in [0.5, 0.6) is 0 Å². The fourth-order valence-electron chi connectivity index (χ4n) is 4.78. The van der Waals surface area contributed by atoms with Crippen LogP contribution in [0.15, 0.2) is 18.6 Å². The van der Waals surface area contributed by atoms with Crippen LogP contribution in [-0.2, 0) is 0 Å². The minimum absolute atomic E-state index is 0.427. The molecule has 0 unspecified atom stereocenters. The van der Waals surface area contributed by atoms with Gasteiger partial charge in [-0.2, -0.15) is 0 Å². The molecule has 2 bridgehead atoms. The average Bonchev–Trinajstić information content (AvgIpc) is 2.89. The lowest BCUT2D eigenvalue weighted by Crippen LogP contribution is -2.35. The highest BCUT2D eigenvalue weighted by Gasteiger charge is 2.50. The summed E-state index contributed by atoms with van der Waals surface area (Å²) in [6.45, 7) is 8.37. The molecule has 4 rings (SSSR count). The van der Waals surface area contributed by atoms with Crippen LogP contribution in [0.2, 0.25) is 0 Å². The molecule has 0 aromatic carbocycles. The molecule has 106 valence electrons. The van der Waals surface area contributed by atoms with E-state index in [1.165, 1.54) is 19.3 Å². The van der Waals surface area contributed by atoms with E-state index in [-0.39, 0.29) is 0 Å². The number of nitrogens with one attached hydrogen (secondary N) is 1. The zero-order valence-corrected chi connectivity index (χ0v) is 12.5. The van der Waals surface area contributed by atoms with Crippen molar-refractivity contribution in [2.75, 3.05) is 11.4 Å². The molecule has 2 fully saturated rings. The van der Waals surface area contributed by atoms with Gasteiger partial charge >= 0.3 is 0 Å². The van der Waals surface area contributed by atoms with E-state index >= 15 is 0 Å². The summed E-state index contributed by atoms with van der Waals surface area (Å²) in [4.78, 5) is 14.8. The van der Waals surface area contributed by atoms with E-state index in [2.05, 4.69) is 40.6 Å². The normalized spacial score (nSPS) is 31.9. The summed E-state index contributed by atoms with van der Waals surface area (Å²) in [6.07, 6.45) is 7.52. The Morgan fingerprint density at radius 1 is 1.25 bits per heavy atom. The van der Waals surface area contributed by atoms with Crippen molar-refractivity contribution in [2.24, 2.45) is 10.8 Å². The number of nitrogens with zero attached hydrogens (tertiary/aromatic N) is 3. The van der Waals surface area contributed by atoms with Crippen LogP contribution in [-0.4, -0.2) is 27.5 Å². The fraction of sp³-hybridized carbons (Fsp3) is 0.625. The summed E-state index contributed by atoms with van der Waals surface area (Å²) in [5.41, 5.74) is 2.97. The number of hydrogen-bond acceptors (Lipinski definition) is 3. The maximum atomic E-state index is 4.58. The van der Waals surface area contributed by atoms with Gasteiger partial charge < -0.3 is 9.88 Å². The molecule has 1 aliphatic heterocycles. The van der Waals surface area contributed by atoms with Gasteiger partial charge in [-0.3, -0.25) is 0 Å². The van der Waals surface area contributed by atoms with Gasteiger partial charge in [-0.1, -0.05) is 20.8 Å². The number of rotatable bonds is 1. The SMILES string of the molecule is CC1(C)C[C@@H]2C[C@@](C)(CN2c2ncnc3cc[nH]c23)C1. The lowest BCUT2D eigenvalue weighted by Gasteiger charge is -2.39. The Bertz CT molecular complexity index is 659. The molecule has 4 nitrogen and oxygen atoms in total. The van der Waals surface area contributed by atoms with E-state index in [4.69, 9.17) is 0 Å². The third kappa shape index (κ3) is 1.74. The van der Waals surface area contributed by atoms with E-state index in [0.29, 0.717) is 16.9 Å². The van der Waals surface area contributed by atoms with Crippen molar-refractivity contribution in [1.82, 2.24) is 15.0 Å². The van der Waals surface area contributed by atoms with Gasteiger partial charge in [0.1, 0.15) is 11.8 Å². The first-order valence-electron chi connectivity index (χ1n) is 7.51. The zero-order chi connectivity index (χ0) is 14.0. The summed E-state index contributed by atoms with van der Waals surface area (Å²) in [5.74, 6) is 1.09. The van der Waals surface area contributed by atoms with Crippen LogP contribution >= 0.6 is 0 Å². The second kappa shape index (κ2) is 3.74. The van der Waals surface area contributed by atoms with E-state index in [9.17, 15) is 0 Å². The van der Waals surface area contributed by atoms with Crippen LogP contribution in [0.4, 0.5) is 5.82 Å². The lowest BCUT2D eigenvalue weighted by molar-refractivity contribution is 0.136. The van der Waals surface area contributed by atoms with Gasteiger partial charge in [0.25, 0.3) is 0 Å². The zero-order valence-electron chi connectivity index (χ0n) is 12.5. The van der Waals surface area contributed by atoms with Gasteiger partial charge in [0.15, 0.2) is 5.82 Å². The Kier molecular flexibility index (Phi) is 2.28. The highest BCUT2D eigenvalue weighted by Crippen LogP contribution is 2.53. The first-order valence-corrected chi connectivity index (χ1v) is 7.51. The van der Waals surface area contributed by atoms with Gasteiger partial charge in [0.05, 0.1) is 5.52 Å². The Labute approximate surface area is 119 Å². The molecule has 2 aromatic rings. The predicted octanol–water partition coefficient (Wildman–Crippen LogP) is 3.36. The monoisotopic (exact) mass is 270 g/mol. The Balaban J connectivity index is 1.79. The largest absolute Gasteiger partial charge is 0.357 e. The molecule has 0 amide bonds. The van der Waals surface area contributed by atoms with Crippen molar-refractivity contribution in [2.45, 2.75) is 46.1 Å². The molecule has 2 aromatic heterocycles. The molecular weight excluding hydrogens is 248 g/mol. The summed E-state index contributed by atoms with van der Waals surface area (Å²) in [7, 11) is 0. The van der Waals surface area contributed by atoms with Crippen molar-refractivity contribution in [1.29, 1.82) is 0 Å². The quantitative estimate of drug-likeness (QED) is 0.864. The minimum Gasteiger partial charge on any atom is -0.357 e. The third-order valence-corrected chi connectivity index (χ3v) is 5.01. The molecule has 1 N–H and O–H groups in total. The summed E-state index contributed by atoms with van der Waals surface area (Å²) < 4.78 is 0. The molecule has 20 heavy (non-hydrogen) atoms. The molecule has 0 spiro atoms. The number of hydrogen-bond donors (Lipinski definition) is 1. The molecular formula is C16H22N4. The number of anilines is 1. The van der Waals surface area contributed by atoms with E-state index in [1.54, 1.807) is 6.33 Å². The molecule has 2 atom stereocenters. The van der Waals surface area contributed by atoms with Gasteiger partial charge in [-0.15, -0.1) is 0 Å². The highest BCUT2D eigenvalue weighted by atomic mass is 15.3.